The van der Waals surface area contributed by atoms with E-state index in [0.717, 1.165) is 0 Å². The van der Waals surface area contributed by atoms with Crippen LogP contribution in [0.15, 0.2) is 54.6 Å². The number of cyclic esters (lactones) is 1. The van der Waals surface area contributed by atoms with Gasteiger partial charge >= 0.3 is 5.97 Å². The molecule has 40 heavy (non-hydrogen) atoms. The lowest BCUT2D eigenvalue weighted by Crippen LogP contribution is -2.59. The molecule has 0 aromatic heterocycles. The first-order valence-electron chi connectivity index (χ1n) is 14.0. The smallest absolute Gasteiger partial charge is 0.313 e. The molecule has 214 valence electrons. The first-order chi connectivity index (χ1) is 19.2. The van der Waals surface area contributed by atoms with Crippen LogP contribution in [0.25, 0.3) is 0 Å². The van der Waals surface area contributed by atoms with E-state index in [4.69, 9.17) is 9.47 Å². The molecule has 5 rings (SSSR count). The number of aliphatic hydroxyl groups excluding tert-OH is 1. The van der Waals surface area contributed by atoms with Gasteiger partial charge in [-0.05, 0) is 32.8 Å². The Bertz CT molecular complexity index is 1210. The molecule has 3 amide bonds. The predicted octanol–water partition coefficient (Wildman–Crippen LogP) is 1.51. The van der Waals surface area contributed by atoms with Crippen LogP contribution in [0.1, 0.15) is 45.3 Å². The molecule has 0 aliphatic carbocycles. The van der Waals surface area contributed by atoms with Crippen LogP contribution in [0.5, 0.6) is 0 Å². The van der Waals surface area contributed by atoms with Crippen LogP contribution in [0, 0.1) is 11.8 Å². The maximum atomic E-state index is 14.2. The Morgan fingerprint density at radius 2 is 1.82 bits per heavy atom. The fraction of sp³-hybridized carbons (Fsp3) is 0.533. The Hall–Kier alpha value is -3.50. The molecular weight excluding hydrogens is 514 g/mol. The number of aliphatic hydroxyl groups is 1. The van der Waals surface area contributed by atoms with Crippen LogP contribution in [-0.4, -0.2) is 88.1 Å². The van der Waals surface area contributed by atoms with E-state index in [1.807, 2.05) is 56.3 Å². The number of ether oxygens (including phenoxy) is 2. The highest BCUT2D eigenvalue weighted by molar-refractivity contribution is 5.99. The molecule has 10 heteroatoms. The van der Waals surface area contributed by atoms with E-state index in [9.17, 15) is 24.3 Å². The standard InChI is InChI=1S/C30H37N3O7/c1-18(2)32-15-9-5-8-12-23(35)31-16-22(20-10-6-4-7-11-20)39-29(38)24-21-13-14-30(40-21)25(24)27(36)33(19(3)17-34)26(30)28(32)37/h4-7,9-11,13-14,18-19,21-22,24-26,34H,8,12,15-17H2,1-3H3,(H,31,35)/b9-5-/t19-,21+,22+,24-,25-,26+,30-/m1/s1. The first-order valence-corrected chi connectivity index (χ1v) is 14.0. The third-order valence-corrected chi connectivity index (χ3v) is 8.38. The van der Waals surface area contributed by atoms with Crippen LogP contribution in [0.4, 0.5) is 0 Å². The SMILES string of the molecule is CC(C)N1C/C=C\CCC(=O)NC[C@@H](c2ccccc2)OC(=O)[C@@H]2[C@@H]3C=C[C@]4(O3)[C@H](C1=O)N([C@H](C)CO)C(=O)[C@@H]24. The Balaban J connectivity index is 1.57. The molecule has 4 heterocycles. The molecule has 10 nitrogen and oxygen atoms in total. The summed E-state index contributed by atoms with van der Waals surface area (Å²) in [4.78, 5) is 57.7. The number of nitrogens with zero attached hydrogens (tertiary/aromatic N) is 2. The fourth-order valence-electron chi connectivity index (χ4n) is 6.36. The topological polar surface area (TPSA) is 125 Å². The second kappa shape index (κ2) is 11.2. The highest BCUT2D eigenvalue weighted by Crippen LogP contribution is 2.56. The van der Waals surface area contributed by atoms with Gasteiger partial charge in [-0.15, -0.1) is 0 Å². The van der Waals surface area contributed by atoms with Crippen molar-refractivity contribution in [2.75, 3.05) is 19.7 Å². The normalized spacial score (nSPS) is 34.2. The Labute approximate surface area is 234 Å². The van der Waals surface area contributed by atoms with Crippen molar-refractivity contribution in [3.63, 3.8) is 0 Å². The van der Waals surface area contributed by atoms with Gasteiger partial charge in [0.05, 0.1) is 31.2 Å². The van der Waals surface area contributed by atoms with Gasteiger partial charge in [0.15, 0.2) is 0 Å². The second-order valence-corrected chi connectivity index (χ2v) is 11.2. The molecular formula is C30H37N3O7. The van der Waals surface area contributed by atoms with Crippen LogP contribution >= 0.6 is 0 Å². The molecule has 2 N–H and O–H groups in total. The lowest BCUT2D eigenvalue weighted by atomic mass is 9.74. The van der Waals surface area contributed by atoms with E-state index in [-0.39, 0.29) is 44.0 Å². The summed E-state index contributed by atoms with van der Waals surface area (Å²) in [5.41, 5.74) is -0.648. The van der Waals surface area contributed by atoms with E-state index in [0.29, 0.717) is 12.0 Å². The zero-order chi connectivity index (χ0) is 28.6. The van der Waals surface area contributed by atoms with Gasteiger partial charge in [-0.1, -0.05) is 54.6 Å². The van der Waals surface area contributed by atoms with Gasteiger partial charge in [0.1, 0.15) is 23.7 Å². The summed E-state index contributed by atoms with van der Waals surface area (Å²) >= 11 is 0. The number of esters is 1. The number of allylic oxidation sites excluding steroid dienone is 1. The predicted molar refractivity (Wildman–Crippen MR) is 144 cm³/mol. The molecule has 1 aromatic carbocycles. The number of hydrogen-bond acceptors (Lipinski definition) is 7. The average Bonchev–Trinajstić information content (AvgIpc) is 3.59. The summed E-state index contributed by atoms with van der Waals surface area (Å²) < 4.78 is 12.4. The third-order valence-electron chi connectivity index (χ3n) is 8.38. The number of carbonyl (C=O) groups excluding carboxylic acids is 4. The minimum absolute atomic E-state index is 0.0754. The molecule has 2 fully saturated rings. The zero-order valence-corrected chi connectivity index (χ0v) is 23.1. The van der Waals surface area contributed by atoms with Gasteiger partial charge in [-0.3, -0.25) is 19.2 Å². The number of fused-ring (bicyclic) bond motifs is 2. The van der Waals surface area contributed by atoms with Gasteiger partial charge in [0.25, 0.3) is 0 Å². The van der Waals surface area contributed by atoms with Crippen molar-refractivity contribution in [1.29, 1.82) is 0 Å². The fourth-order valence-corrected chi connectivity index (χ4v) is 6.36. The van der Waals surface area contributed by atoms with Crippen LogP contribution in [-0.2, 0) is 28.7 Å². The summed E-state index contributed by atoms with van der Waals surface area (Å²) in [5.74, 6) is -3.51. The lowest BCUT2D eigenvalue weighted by molar-refractivity contribution is -0.160. The number of rotatable bonds is 4. The van der Waals surface area contributed by atoms with Crippen molar-refractivity contribution >= 4 is 23.7 Å². The Morgan fingerprint density at radius 1 is 1.07 bits per heavy atom. The average molecular weight is 552 g/mol. The number of nitrogens with one attached hydrogen (secondary N) is 1. The molecule has 0 radical (unpaired) electrons. The van der Waals surface area contributed by atoms with Crippen molar-refractivity contribution < 1.29 is 33.8 Å². The van der Waals surface area contributed by atoms with Gasteiger partial charge in [-0.2, -0.15) is 0 Å². The van der Waals surface area contributed by atoms with Crippen LogP contribution < -0.4 is 5.32 Å². The second-order valence-electron chi connectivity index (χ2n) is 11.2. The largest absolute Gasteiger partial charge is 0.455 e. The van der Waals surface area contributed by atoms with Gasteiger partial charge in [0.2, 0.25) is 17.7 Å². The van der Waals surface area contributed by atoms with E-state index < -0.39 is 53.6 Å². The minimum Gasteiger partial charge on any atom is -0.455 e. The molecule has 4 aliphatic rings. The molecule has 5 bridgehead atoms. The number of benzene rings is 1. The van der Waals surface area contributed by atoms with Crippen LogP contribution in [0.2, 0.25) is 0 Å². The third kappa shape index (κ3) is 4.73. The van der Waals surface area contributed by atoms with Crippen LogP contribution in [0.3, 0.4) is 0 Å². The maximum Gasteiger partial charge on any atom is 0.313 e. The summed E-state index contributed by atoms with van der Waals surface area (Å²) in [6.07, 6.45) is 6.39. The number of hydrogen-bond donors (Lipinski definition) is 2. The molecule has 1 aromatic rings. The van der Waals surface area contributed by atoms with E-state index >= 15 is 0 Å². The van der Waals surface area contributed by atoms with Crippen molar-refractivity contribution in [2.45, 2.75) is 69.5 Å². The molecule has 1 spiro atoms. The number of amides is 3. The quantitative estimate of drug-likeness (QED) is 0.429. The van der Waals surface area contributed by atoms with Gasteiger partial charge < -0.3 is 29.7 Å². The first kappa shape index (κ1) is 28.0. The molecule has 0 unspecified atom stereocenters. The minimum atomic E-state index is -1.35. The van der Waals surface area contributed by atoms with E-state index in [1.54, 1.807) is 24.0 Å². The van der Waals surface area contributed by atoms with Crippen molar-refractivity contribution in [2.24, 2.45) is 11.8 Å². The molecule has 0 saturated carbocycles. The summed E-state index contributed by atoms with van der Waals surface area (Å²) in [6, 6.07) is 7.20. The van der Waals surface area contributed by atoms with Gasteiger partial charge in [0, 0.05) is 19.0 Å². The highest BCUT2D eigenvalue weighted by atomic mass is 16.6. The summed E-state index contributed by atoms with van der Waals surface area (Å²) in [6.45, 7) is 5.46. The molecule has 7 atom stereocenters. The number of likely N-dealkylation sites (tertiary alicyclic amines) is 1. The lowest BCUT2D eigenvalue weighted by Gasteiger charge is -2.39. The van der Waals surface area contributed by atoms with Crippen molar-refractivity contribution in [3.05, 3.63) is 60.2 Å². The Kier molecular flexibility index (Phi) is 7.83. The Morgan fingerprint density at radius 3 is 2.52 bits per heavy atom. The zero-order valence-electron chi connectivity index (χ0n) is 23.1. The summed E-state index contributed by atoms with van der Waals surface area (Å²) in [7, 11) is 0. The van der Waals surface area contributed by atoms with Gasteiger partial charge in [-0.25, -0.2) is 0 Å². The number of carbonyl (C=O) groups is 4. The van der Waals surface area contributed by atoms with Crippen molar-refractivity contribution in [1.82, 2.24) is 15.1 Å². The molecule has 4 aliphatic heterocycles. The maximum absolute atomic E-state index is 14.2. The highest BCUT2D eigenvalue weighted by Gasteiger charge is 2.74. The monoisotopic (exact) mass is 551 g/mol. The van der Waals surface area contributed by atoms with E-state index in [2.05, 4.69) is 5.32 Å². The summed E-state index contributed by atoms with van der Waals surface area (Å²) in [5, 5.41) is 12.9. The van der Waals surface area contributed by atoms with E-state index in [1.165, 1.54) is 4.90 Å². The molecule has 2 saturated heterocycles. The van der Waals surface area contributed by atoms with Crippen molar-refractivity contribution in [3.8, 4) is 0 Å².